The molecule has 5 rings (SSSR count). The summed E-state index contributed by atoms with van der Waals surface area (Å²) in [6.07, 6.45) is 1.84. The first-order valence-electron chi connectivity index (χ1n) is 11.3. The first kappa shape index (κ1) is 22.7. The van der Waals surface area contributed by atoms with Gasteiger partial charge in [0.1, 0.15) is 5.75 Å². The molecular formula is C25H26ClN5O2S. The molecule has 0 bridgehead atoms. The second-order valence-corrected chi connectivity index (χ2v) is 9.89. The van der Waals surface area contributed by atoms with Crippen LogP contribution in [0.4, 0.5) is 5.13 Å². The van der Waals surface area contributed by atoms with E-state index < -0.39 is 0 Å². The Hall–Kier alpha value is -3.10. The highest BCUT2D eigenvalue weighted by atomic mass is 35.5. The molecule has 0 aliphatic carbocycles. The number of hydrogen-bond donors (Lipinski definition) is 1. The molecule has 4 aromatic rings. The molecular weight excluding hydrogens is 470 g/mol. The molecule has 176 valence electrons. The summed E-state index contributed by atoms with van der Waals surface area (Å²) in [4.78, 5) is 20.1. The molecule has 7 nitrogen and oxygen atoms in total. The Bertz CT molecular complexity index is 1300. The van der Waals surface area contributed by atoms with Crippen molar-refractivity contribution in [3.63, 3.8) is 0 Å². The van der Waals surface area contributed by atoms with E-state index in [1.165, 1.54) is 0 Å². The number of aryl methyl sites for hydroxylation is 1. The van der Waals surface area contributed by atoms with E-state index >= 15 is 0 Å². The van der Waals surface area contributed by atoms with Gasteiger partial charge in [-0.3, -0.25) is 4.79 Å². The summed E-state index contributed by atoms with van der Waals surface area (Å²) in [6.45, 7) is 4.07. The zero-order chi connectivity index (χ0) is 23.7. The van der Waals surface area contributed by atoms with Crippen LogP contribution in [-0.2, 0) is 11.3 Å². The van der Waals surface area contributed by atoms with E-state index in [-0.39, 0.29) is 11.8 Å². The van der Waals surface area contributed by atoms with E-state index in [2.05, 4.69) is 15.3 Å². The van der Waals surface area contributed by atoms with Gasteiger partial charge in [-0.15, -0.1) is 0 Å². The summed E-state index contributed by atoms with van der Waals surface area (Å²) >= 11 is 7.69. The molecule has 1 aliphatic rings. The van der Waals surface area contributed by atoms with Gasteiger partial charge in [-0.05, 0) is 61.7 Å². The van der Waals surface area contributed by atoms with Crippen molar-refractivity contribution in [1.29, 1.82) is 0 Å². The fraction of sp³-hybridized carbons (Fsp3) is 0.320. The van der Waals surface area contributed by atoms with Gasteiger partial charge >= 0.3 is 0 Å². The number of anilines is 1. The van der Waals surface area contributed by atoms with Crippen molar-refractivity contribution >= 4 is 44.3 Å². The molecule has 0 radical (unpaired) electrons. The number of thiazole rings is 1. The molecule has 9 heteroatoms. The zero-order valence-electron chi connectivity index (χ0n) is 19.1. The van der Waals surface area contributed by atoms with Gasteiger partial charge in [0.2, 0.25) is 5.91 Å². The maximum atomic E-state index is 12.9. The average Bonchev–Trinajstić information content (AvgIpc) is 3.44. The van der Waals surface area contributed by atoms with Gasteiger partial charge in [-0.2, -0.15) is 10.1 Å². The van der Waals surface area contributed by atoms with Crippen LogP contribution in [0.25, 0.3) is 16.0 Å². The largest absolute Gasteiger partial charge is 0.497 e. The summed E-state index contributed by atoms with van der Waals surface area (Å²) in [7, 11) is 1.64. The number of carbonyl (C=O) groups is 1. The van der Waals surface area contributed by atoms with E-state index in [0.717, 1.165) is 57.6 Å². The van der Waals surface area contributed by atoms with Crippen LogP contribution in [-0.4, -0.2) is 40.9 Å². The van der Waals surface area contributed by atoms with Crippen molar-refractivity contribution in [3.8, 4) is 11.4 Å². The minimum atomic E-state index is -0.0622. The molecule has 0 unspecified atom stereocenters. The SMILES string of the molecule is COc1ccc(CNC(=O)[C@H]2CCCN(c3nc4c(s3)c(C)nn4-c3ccc(Cl)cc3)C2)cc1. The van der Waals surface area contributed by atoms with Gasteiger partial charge in [0.25, 0.3) is 0 Å². The first-order valence-corrected chi connectivity index (χ1v) is 12.5. The molecule has 1 aliphatic heterocycles. The van der Waals surface area contributed by atoms with Crippen LogP contribution in [0.5, 0.6) is 5.75 Å². The lowest BCUT2D eigenvalue weighted by Gasteiger charge is -2.31. The Morgan fingerprint density at radius 2 is 1.97 bits per heavy atom. The number of ether oxygens (including phenoxy) is 1. The Labute approximate surface area is 207 Å². The summed E-state index contributed by atoms with van der Waals surface area (Å²) in [5.41, 5.74) is 3.76. The second-order valence-electron chi connectivity index (χ2n) is 8.47. The van der Waals surface area contributed by atoms with Crippen LogP contribution in [0.2, 0.25) is 5.02 Å². The van der Waals surface area contributed by atoms with E-state index in [1.807, 2.05) is 60.1 Å². The van der Waals surface area contributed by atoms with Crippen LogP contribution < -0.4 is 15.0 Å². The van der Waals surface area contributed by atoms with Crippen molar-refractivity contribution in [2.75, 3.05) is 25.1 Å². The predicted molar refractivity (Wildman–Crippen MR) is 136 cm³/mol. The van der Waals surface area contributed by atoms with Gasteiger partial charge in [0, 0.05) is 24.7 Å². The average molecular weight is 496 g/mol. The second kappa shape index (κ2) is 9.64. The van der Waals surface area contributed by atoms with Gasteiger partial charge in [-0.1, -0.05) is 35.1 Å². The molecule has 0 spiro atoms. The number of amides is 1. The molecule has 0 saturated carbocycles. The maximum Gasteiger partial charge on any atom is 0.225 e. The van der Waals surface area contributed by atoms with Crippen LogP contribution in [0, 0.1) is 12.8 Å². The normalized spacial score (nSPS) is 16.1. The molecule has 2 aromatic heterocycles. The quantitative estimate of drug-likeness (QED) is 0.408. The monoisotopic (exact) mass is 495 g/mol. The molecule has 2 aromatic carbocycles. The minimum absolute atomic E-state index is 0.0622. The van der Waals surface area contributed by atoms with E-state index in [0.29, 0.717) is 18.1 Å². The maximum absolute atomic E-state index is 12.9. The topological polar surface area (TPSA) is 72.3 Å². The Balaban J connectivity index is 1.29. The number of carbonyl (C=O) groups excluding carboxylic acids is 1. The number of benzene rings is 2. The van der Waals surface area contributed by atoms with E-state index in [4.69, 9.17) is 21.3 Å². The van der Waals surface area contributed by atoms with Gasteiger partial charge in [0.15, 0.2) is 10.8 Å². The van der Waals surface area contributed by atoms with Crippen molar-refractivity contribution in [3.05, 3.63) is 64.8 Å². The predicted octanol–water partition coefficient (Wildman–Crippen LogP) is 4.99. The standard InChI is InChI=1S/C25H26ClN5O2S/c1-16-22-23(31(29-16)20-9-7-19(26)8-10-20)28-25(34-22)30-13-3-4-18(15-30)24(32)27-14-17-5-11-21(33-2)12-6-17/h5-12,18H,3-4,13-15H2,1-2H3,(H,27,32)/t18-/m0/s1. The first-order chi connectivity index (χ1) is 16.5. The number of fused-ring (bicyclic) bond motifs is 1. The Morgan fingerprint density at radius 1 is 1.21 bits per heavy atom. The Kier molecular flexibility index (Phi) is 6.43. The fourth-order valence-corrected chi connectivity index (χ4v) is 5.41. The number of piperidine rings is 1. The van der Waals surface area contributed by atoms with Gasteiger partial charge in [0.05, 0.1) is 29.1 Å². The van der Waals surface area contributed by atoms with Crippen molar-refractivity contribution in [1.82, 2.24) is 20.1 Å². The fourth-order valence-electron chi connectivity index (χ4n) is 4.26. The molecule has 1 amide bonds. The highest BCUT2D eigenvalue weighted by molar-refractivity contribution is 7.22. The smallest absolute Gasteiger partial charge is 0.225 e. The molecule has 1 saturated heterocycles. The lowest BCUT2D eigenvalue weighted by atomic mass is 9.97. The van der Waals surface area contributed by atoms with Gasteiger partial charge < -0.3 is 15.0 Å². The highest BCUT2D eigenvalue weighted by Gasteiger charge is 2.28. The van der Waals surface area contributed by atoms with Gasteiger partial charge in [-0.25, -0.2) is 4.68 Å². The molecule has 1 atom stereocenters. The third kappa shape index (κ3) is 4.60. The van der Waals surface area contributed by atoms with Crippen molar-refractivity contribution < 1.29 is 9.53 Å². The third-order valence-corrected chi connectivity index (χ3v) is 7.60. The summed E-state index contributed by atoms with van der Waals surface area (Å²) < 4.78 is 8.13. The summed E-state index contributed by atoms with van der Waals surface area (Å²) in [6, 6.07) is 15.3. The lowest BCUT2D eigenvalue weighted by Crippen LogP contribution is -2.43. The van der Waals surface area contributed by atoms with E-state index in [9.17, 15) is 4.79 Å². The number of methoxy groups -OCH3 is 1. The lowest BCUT2D eigenvalue weighted by molar-refractivity contribution is -0.125. The number of rotatable bonds is 6. The van der Waals surface area contributed by atoms with E-state index in [1.54, 1.807) is 18.4 Å². The van der Waals surface area contributed by atoms with Crippen LogP contribution in [0.1, 0.15) is 24.1 Å². The van der Waals surface area contributed by atoms with Crippen LogP contribution in [0.15, 0.2) is 48.5 Å². The number of halogens is 1. The Morgan fingerprint density at radius 3 is 2.71 bits per heavy atom. The molecule has 3 heterocycles. The number of aromatic nitrogens is 3. The molecule has 1 N–H and O–H groups in total. The highest BCUT2D eigenvalue weighted by Crippen LogP contribution is 2.34. The summed E-state index contributed by atoms with van der Waals surface area (Å²) in [5, 5.41) is 9.39. The van der Waals surface area contributed by atoms with Crippen LogP contribution >= 0.6 is 22.9 Å². The number of nitrogens with one attached hydrogen (secondary N) is 1. The zero-order valence-corrected chi connectivity index (χ0v) is 20.7. The van der Waals surface area contributed by atoms with Crippen molar-refractivity contribution in [2.24, 2.45) is 5.92 Å². The molecule has 34 heavy (non-hydrogen) atoms. The minimum Gasteiger partial charge on any atom is -0.497 e. The third-order valence-electron chi connectivity index (χ3n) is 6.14. The van der Waals surface area contributed by atoms with Crippen LogP contribution in [0.3, 0.4) is 0 Å². The van der Waals surface area contributed by atoms with Crippen molar-refractivity contribution in [2.45, 2.75) is 26.3 Å². The molecule has 1 fully saturated rings. The summed E-state index contributed by atoms with van der Waals surface area (Å²) in [5.74, 6) is 0.835. The number of nitrogens with zero attached hydrogens (tertiary/aromatic N) is 4. The number of hydrogen-bond acceptors (Lipinski definition) is 6.